The summed E-state index contributed by atoms with van der Waals surface area (Å²) in [5, 5.41) is 20.9. The molecular weight excluding hydrogens is 600 g/mol. The van der Waals surface area contributed by atoms with Crippen LogP contribution in [0.2, 0.25) is 0 Å². The maximum absolute atomic E-state index is 13.6. The summed E-state index contributed by atoms with van der Waals surface area (Å²) in [6.45, 7) is 7.71. The Morgan fingerprint density at radius 1 is 1.21 bits per heavy atom. The molecule has 1 aromatic carbocycles. The number of nitrogens with zero attached hydrogens (tertiary/aromatic N) is 4. The summed E-state index contributed by atoms with van der Waals surface area (Å²) in [4.78, 5) is 45.4. The van der Waals surface area contributed by atoms with Crippen molar-refractivity contribution >= 4 is 28.8 Å². The predicted molar refractivity (Wildman–Crippen MR) is 178 cm³/mol. The van der Waals surface area contributed by atoms with E-state index in [1.807, 2.05) is 48.2 Å². The van der Waals surface area contributed by atoms with Crippen molar-refractivity contribution in [1.29, 1.82) is 0 Å². The highest BCUT2D eigenvalue weighted by Gasteiger charge is 2.60. The van der Waals surface area contributed by atoms with Crippen LogP contribution >= 0.6 is 0 Å². The molecule has 2 aromatic heterocycles. The van der Waals surface area contributed by atoms with Crippen molar-refractivity contribution < 1.29 is 29.0 Å². The Labute approximate surface area is 275 Å². The molecule has 5 rings (SSSR count). The number of rotatable bonds is 10. The average molecular weight is 647 g/mol. The highest BCUT2D eigenvalue weighted by atomic mass is 16.5. The van der Waals surface area contributed by atoms with Crippen LogP contribution in [0.3, 0.4) is 0 Å². The number of carbonyl (C=O) groups is 3. The Kier molecular flexibility index (Phi) is 10.4. The maximum Gasteiger partial charge on any atom is 0.330 e. The average Bonchev–Trinajstić information content (AvgIpc) is 3.53. The minimum Gasteiger partial charge on any atom is -0.496 e. The molecule has 1 aliphatic carbocycles. The van der Waals surface area contributed by atoms with E-state index in [0.717, 1.165) is 48.7 Å². The molecule has 1 fully saturated rings. The standard InChI is InChI=1S/C35H46N6O6/c1-22(2)13-16-41-21-24(20-36-41)28-18-30(26-11-12-29(46-5)23(3)31(26)37-28)47-17-14-27-32(42)39-35(33(43)44)19-25(35)10-8-6-7-9-15-40(4)34(45)38-27/h8,10-12,18,20-22,25,27H,6-7,9,13-17,19H2,1-5H3,(H,38,45)(H,39,42)(H,43,44)/b10-8-. The van der Waals surface area contributed by atoms with Gasteiger partial charge in [-0.05, 0) is 57.1 Å². The Morgan fingerprint density at radius 3 is 2.77 bits per heavy atom. The number of hydrogen-bond acceptors (Lipinski definition) is 7. The number of carboxylic acids is 1. The van der Waals surface area contributed by atoms with Crippen molar-refractivity contribution in [3.05, 3.63) is 48.3 Å². The lowest BCUT2D eigenvalue weighted by Gasteiger charge is -2.25. The zero-order valence-electron chi connectivity index (χ0n) is 27.9. The van der Waals surface area contributed by atoms with Crippen LogP contribution in [0.15, 0.2) is 42.7 Å². The van der Waals surface area contributed by atoms with Gasteiger partial charge in [-0.3, -0.25) is 9.48 Å². The number of hydrogen-bond donors (Lipinski definition) is 3. The molecule has 3 N–H and O–H groups in total. The van der Waals surface area contributed by atoms with Crippen molar-refractivity contribution in [1.82, 2.24) is 30.3 Å². The molecule has 3 heterocycles. The minimum atomic E-state index is -1.38. The summed E-state index contributed by atoms with van der Waals surface area (Å²) in [5.41, 5.74) is 1.72. The smallest absolute Gasteiger partial charge is 0.330 e. The fourth-order valence-electron chi connectivity index (χ4n) is 5.93. The van der Waals surface area contributed by atoms with E-state index in [4.69, 9.17) is 14.5 Å². The van der Waals surface area contributed by atoms with E-state index >= 15 is 0 Å². The molecule has 12 nitrogen and oxygen atoms in total. The largest absolute Gasteiger partial charge is 0.496 e. The zero-order chi connectivity index (χ0) is 33.7. The van der Waals surface area contributed by atoms with E-state index in [1.54, 1.807) is 25.3 Å². The van der Waals surface area contributed by atoms with Crippen molar-refractivity contribution in [2.75, 3.05) is 27.3 Å². The highest BCUT2D eigenvalue weighted by Crippen LogP contribution is 2.45. The van der Waals surface area contributed by atoms with Gasteiger partial charge in [-0.25, -0.2) is 14.6 Å². The number of nitrogens with one attached hydrogen (secondary N) is 2. The summed E-state index contributed by atoms with van der Waals surface area (Å²) < 4.78 is 13.8. The predicted octanol–water partition coefficient (Wildman–Crippen LogP) is 4.94. The number of carboxylic acid groups (broad SMARTS) is 1. The maximum atomic E-state index is 13.6. The van der Waals surface area contributed by atoms with Crippen molar-refractivity contribution in [3.8, 4) is 22.8 Å². The van der Waals surface area contributed by atoms with Gasteiger partial charge < -0.3 is 30.1 Å². The summed E-state index contributed by atoms with van der Waals surface area (Å²) in [6.07, 6.45) is 11.5. The second-order valence-corrected chi connectivity index (χ2v) is 13.0. The van der Waals surface area contributed by atoms with Crippen LogP contribution < -0.4 is 20.1 Å². The third kappa shape index (κ3) is 7.69. The molecule has 12 heteroatoms. The van der Waals surface area contributed by atoms with Crippen LogP contribution in [0.25, 0.3) is 22.2 Å². The SMILES string of the molecule is COc1ccc2c(OCCC3NC(=O)N(C)CCCC/C=C\C4CC4(C(=O)O)NC3=O)cc(-c3cnn(CCC(C)C)c3)nc2c1C. The number of ether oxygens (including phenoxy) is 2. The molecule has 0 bridgehead atoms. The van der Waals surface area contributed by atoms with E-state index < -0.39 is 29.5 Å². The van der Waals surface area contributed by atoms with Gasteiger partial charge in [-0.2, -0.15) is 5.10 Å². The quantitative estimate of drug-likeness (QED) is 0.263. The number of pyridine rings is 1. The fourth-order valence-corrected chi connectivity index (χ4v) is 5.93. The first-order valence-corrected chi connectivity index (χ1v) is 16.4. The fraction of sp³-hybridized carbons (Fsp3) is 0.514. The number of amides is 3. The van der Waals surface area contributed by atoms with Crippen LogP contribution in [-0.2, 0) is 16.1 Å². The van der Waals surface area contributed by atoms with E-state index in [1.165, 1.54) is 0 Å². The lowest BCUT2D eigenvalue weighted by atomic mass is 10.1. The number of aromatic nitrogens is 3. The molecule has 0 saturated heterocycles. The minimum absolute atomic E-state index is 0.0722. The van der Waals surface area contributed by atoms with Gasteiger partial charge in [-0.1, -0.05) is 26.0 Å². The van der Waals surface area contributed by atoms with Crippen LogP contribution in [-0.4, -0.2) is 81.6 Å². The van der Waals surface area contributed by atoms with Crippen molar-refractivity contribution in [3.63, 3.8) is 0 Å². The Bertz CT molecular complexity index is 1650. The number of benzene rings is 1. The first-order valence-electron chi connectivity index (χ1n) is 16.4. The summed E-state index contributed by atoms with van der Waals surface area (Å²) in [5.74, 6) is -0.121. The van der Waals surface area contributed by atoms with Gasteiger partial charge in [0.25, 0.3) is 0 Å². The molecule has 0 spiro atoms. The van der Waals surface area contributed by atoms with Crippen LogP contribution in [0.5, 0.6) is 11.5 Å². The molecule has 3 aromatic rings. The van der Waals surface area contributed by atoms with Crippen LogP contribution in [0.1, 0.15) is 57.9 Å². The number of methoxy groups -OCH3 is 1. The number of aryl methyl sites for hydroxylation is 2. The number of allylic oxidation sites excluding steroid dienone is 1. The molecule has 2 aliphatic rings. The third-order valence-electron chi connectivity index (χ3n) is 9.08. The van der Waals surface area contributed by atoms with Crippen LogP contribution in [0.4, 0.5) is 4.79 Å². The molecular formula is C35H46N6O6. The summed E-state index contributed by atoms with van der Waals surface area (Å²) in [6, 6.07) is 4.20. The molecule has 252 valence electrons. The van der Waals surface area contributed by atoms with Gasteiger partial charge >= 0.3 is 12.0 Å². The first kappa shape index (κ1) is 33.7. The zero-order valence-corrected chi connectivity index (χ0v) is 27.9. The Hall–Kier alpha value is -4.61. The molecule has 1 saturated carbocycles. The van der Waals surface area contributed by atoms with Crippen LogP contribution in [0, 0.1) is 18.8 Å². The number of urea groups is 1. The second-order valence-electron chi connectivity index (χ2n) is 13.0. The summed E-state index contributed by atoms with van der Waals surface area (Å²) in [7, 11) is 3.30. The normalized spacial score (nSPS) is 22.6. The van der Waals surface area contributed by atoms with E-state index in [9.17, 15) is 19.5 Å². The van der Waals surface area contributed by atoms with Gasteiger partial charge in [0.05, 0.1) is 31.1 Å². The number of carbonyl (C=O) groups excluding carboxylic acids is 2. The molecule has 1 aliphatic heterocycles. The third-order valence-corrected chi connectivity index (χ3v) is 9.08. The van der Waals surface area contributed by atoms with Crippen molar-refractivity contribution in [2.45, 2.75) is 77.4 Å². The lowest BCUT2D eigenvalue weighted by Crippen LogP contribution is -2.55. The lowest BCUT2D eigenvalue weighted by molar-refractivity contribution is -0.143. The van der Waals surface area contributed by atoms with Gasteiger partial charge in [-0.15, -0.1) is 0 Å². The highest BCUT2D eigenvalue weighted by molar-refractivity contribution is 5.94. The molecule has 3 atom stereocenters. The monoisotopic (exact) mass is 646 g/mol. The van der Waals surface area contributed by atoms with Gasteiger partial charge in [0.1, 0.15) is 23.1 Å². The van der Waals surface area contributed by atoms with E-state index in [0.29, 0.717) is 41.6 Å². The Balaban J connectivity index is 1.40. The summed E-state index contributed by atoms with van der Waals surface area (Å²) >= 11 is 0. The van der Waals surface area contributed by atoms with Crippen molar-refractivity contribution in [2.24, 2.45) is 11.8 Å². The molecule has 3 amide bonds. The second kappa shape index (κ2) is 14.4. The van der Waals surface area contributed by atoms with Gasteiger partial charge in [0.2, 0.25) is 5.91 Å². The molecule has 3 unspecified atom stereocenters. The van der Waals surface area contributed by atoms with E-state index in [-0.39, 0.29) is 18.9 Å². The van der Waals surface area contributed by atoms with Gasteiger partial charge in [0, 0.05) is 61.3 Å². The van der Waals surface area contributed by atoms with Gasteiger partial charge in [0.15, 0.2) is 0 Å². The number of fused-ring (bicyclic) bond motifs is 2. The Morgan fingerprint density at radius 2 is 2.02 bits per heavy atom. The topological polar surface area (TPSA) is 148 Å². The number of aliphatic carboxylic acids is 1. The molecule has 47 heavy (non-hydrogen) atoms. The molecule has 0 radical (unpaired) electrons. The first-order chi connectivity index (χ1) is 22.5. The van der Waals surface area contributed by atoms with E-state index in [2.05, 4.69) is 29.6 Å².